The summed E-state index contributed by atoms with van der Waals surface area (Å²) in [5, 5.41) is 18.7. The molecule has 1 atom stereocenters. The maximum absolute atomic E-state index is 11.2. The number of hydrogen-bond acceptors (Lipinski definition) is 7. The molecule has 0 amide bonds. The summed E-state index contributed by atoms with van der Waals surface area (Å²) >= 11 is 0. The minimum absolute atomic E-state index is 0.137. The smallest absolute Gasteiger partial charge is 0.293 e. The second-order valence-electron chi connectivity index (χ2n) is 4.06. The van der Waals surface area contributed by atoms with E-state index in [0.717, 1.165) is 6.07 Å². The maximum Gasteiger partial charge on any atom is 0.293 e. The summed E-state index contributed by atoms with van der Waals surface area (Å²) in [6.07, 6.45) is -0.525. The van der Waals surface area contributed by atoms with Crippen molar-refractivity contribution in [2.75, 3.05) is 25.1 Å². The van der Waals surface area contributed by atoms with Gasteiger partial charge in [-0.05, 0) is 12.1 Å². The van der Waals surface area contributed by atoms with Gasteiger partial charge in [0.25, 0.3) is 5.69 Å². The molecule has 0 aromatic heterocycles. The molecule has 1 saturated heterocycles. The van der Waals surface area contributed by atoms with Crippen LogP contribution in [0.25, 0.3) is 0 Å². The number of benzene rings is 1. The molecule has 3 N–H and O–H groups in total. The lowest BCUT2D eigenvalue weighted by Crippen LogP contribution is -2.35. The Bertz CT molecular complexity index is 611. The van der Waals surface area contributed by atoms with Crippen molar-refractivity contribution < 1.29 is 22.8 Å². The van der Waals surface area contributed by atoms with E-state index < -0.39 is 26.9 Å². The minimum Gasteiger partial charge on any atom is -0.374 e. The van der Waals surface area contributed by atoms with Gasteiger partial charge in [-0.25, -0.2) is 13.6 Å². The first-order valence-electron chi connectivity index (χ1n) is 5.65. The van der Waals surface area contributed by atoms with E-state index >= 15 is 0 Å². The van der Waals surface area contributed by atoms with Gasteiger partial charge in [-0.1, -0.05) is 0 Å². The first kappa shape index (κ1) is 14.7. The third kappa shape index (κ3) is 3.42. The van der Waals surface area contributed by atoms with Crippen molar-refractivity contribution in [1.29, 1.82) is 0 Å². The first-order valence-corrected chi connectivity index (χ1v) is 7.19. The van der Waals surface area contributed by atoms with Crippen LogP contribution in [0.2, 0.25) is 0 Å². The van der Waals surface area contributed by atoms with Crippen LogP contribution in [0.15, 0.2) is 23.1 Å². The highest BCUT2D eigenvalue weighted by atomic mass is 32.2. The molecule has 0 bridgehead atoms. The van der Waals surface area contributed by atoms with E-state index in [1.807, 2.05) is 0 Å². The number of nitro benzene ring substituents is 1. The van der Waals surface area contributed by atoms with E-state index in [1.54, 1.807) is 0 Å². The SMILES string of the molecule is NS(=O)(=O)c1ccc(NC2COCCO2)c([N+](=O)[O-])c1. The number of sulfonamides is 1. The van der Waals surface area contributed by atoms with Gasteiger partial charge in [-0.15, -0.1) is 0 Å². The van der Waals surface area contributed by atoms with Crippen LogP contribution in [-0.4, -0.2) is 39.4 Å². The Morgan fingerprint density at radius 3 is 2.70 bits per heavy atom. The molecule has 0 spiro atoms. The molecule has 0 radical (unpaired) electrons. The summed E-state index contributed by atoms with van der Waals surface area (Å²) in [5.41, 5.74) is -0.261. The summed E-state index contributed by atoms with van der Waals surface area (Å²) in [7, 11) is -4.00. The Morgan fingerprint density at radius 2 is 2.15 bits per heavy atom. The summed E-state index contributed by atoms with van der Waals surface area (Å²) in [6, 6.07) is 3.37. The van der Waals surface area contributed by atoms with E-state index in [1.165, 1.54) is 12.1 Å². The van der Waals surface area contributed by atoms with E-state index in [-0.39, 0.29) is 17.2 Å². The zero-order valence-electron chi connectivity index (χ0n) is 10.3. The molecule has 1 aliphatic rings. The molecule has 0 aliphatic carbocycles. The third-order valence-electron chi connectivity index (χ3n) is 2.63. The highest BCUT2D eigenvalue weighted by Crippen LogP contribution is 2.28. The molecule has 1 unspecified atom stereocenters. The lowest BCUT2D eigenvalue weighted by atomic mass is 10.2. The molecular formula is C10H13N3O6S. The standard InChI is InChI=1S/C10H13N3O6S/c11-20(16,17)7-1-2-8(9(5-7)13(14)15)12-10-6-18-3-4-19-10/h1-2,5,10,12H,3-4,6H2,(H2,11,16,17). The Balaban J connectivity index is 2.30. The van der Waals surface area contributed by atoms with Gasteiger partial charge in [-0.2, -0.15) is 0 Å². The number of hydrogen-bond donors (Lipinski definition) is 2. The second-order valence-corrected chi connectivity index (χ2v) is 5.62. The number of nitrogens with zero attached hydrogens (tertiary/aromatic N) is 1. The lowest BCUT2D eigenvalue weighted by molar-refractivity contribution is -0.384. The summed E-state index contributed by atoms with van der Waals surface area (Å²) in [5.74, 6) is 0. The van der Waals surface area contributed by atoms with E-state index in [9.17, 15) is 18.5 Å². The topological polar surface area (TPSA) is 134 Å². The highest BCUT2D eigenvalue weighted by molar-refractivity contribution is 7.89. The number of nitrogens with two attached hydrogens (primary N) is 1. The van der Waals surface area contributed by atoms with E-state index in [4.69, 9.17) is 14.6 Å². The highest BCUT2D eigenvalue weighted by Gasteiger charge is 2.22. The van der Waals surface area contributed by atoms with Gasteiger partial charge in [-0.3, -0.25) is 10.1 Å². The van der Waals surface area contributed by atoms with Crippen molar-refractivity contribution in [3.05, 3.63) is 28.3 Å². The van der Waals surface area contributed by atoms with Crippen molar-refractivity contribution in [3.8, 4) is 0 Å². The van der Waals surface area contributed by atoms with E-state index in [0.29, 0.717) is 13.2 Å². The number of primary sulfonamides is 1. The van der Waals surface area contributed by atoms with Crippen LogP contribution < -0.4 is 10.5 Å². The average molecular weight is 303 g/mol. The lowest BCUT2D eigenvalue weighted by Gasteiger charge is -2.24. The van der Waals surface area contributed by atoms with Gasteiger partial charge >= 0.3 is 0 Å². The van der Waals surface area contributed by atoms with Crippen molar-refractivity contribution in [3.63, 3.8) is 0 Å². The van der Waals surface area contributed by atoms with Crippen LogP contribution in [0.3, 0.4) is 0 Å². The number of nitrogens with one attached hydrogen (secondary N) is 1. The van der Waals surface area contributed by atoms with Gasteiger partial charge in [0.15, 0.2) is 6.23 Å². The zero-order valence-corrected chi connectivity index (χ0v) is 11.1. The van der Waals surface area contributed by atoms with Gasteiger partial charge in [0.2, 0.25) is 10.0 Å². The largest absolute Gasteiger partial charge is 0.374 e. The molecule has 1 fully saturated rings. The number of rotatable bonds is 4. The van der Waals surface area contributed by atoms with Gasteiger partial charge in [0.1, 0.15) is 5.69 Å². The predicted molar refractivity (Wildman–Crippen MR) is 68.7 cm³/mol. The minimum atomic E-state index is -4.00. The number of nitro groups is 1. The Kier molecular flexibility index (Phi) is 4.18. The van der Waals surface area contributed by atoms with Crippen molar-refractivity contribution in [2.45, 2.75) is 11.1 Å². The van der Waals surface area contributed by atoms with Crippen LogP contribution >= 0.6 is 0 Å². The van der Waals surface area contributed by atoms with Crippen LogP contribution in [-0.2, 0) is 19.5 Å². The van der Waals surface area contributed by atoms with Crippen LogP contribution in [0.5, 0.6) is 0 Å². The Labute approximate surface area is 114 Å². The zero-order chi connectivity index (χ0) is 14.8. The summed E-state index contributed by atoms with van der Waals surface area (Å²) < 4.78 is 32.9. The summed E-state index contributed by atoms with van der Waals surface area (Å²) in [6.45, 7) is 1.08. The fraction of sp³-hybridized carbons (Fsp3) is 0.400. The molecule has 0 saturated carbocycles. The fourth-order valence-electron chi connectivity index (χ4n) is 1.71. The van der Waals surface area contributed by atoms with Crippen molar-refractivity contribution >= 4 is 21.4 Å². The van der Waals surface area contributed by atoms with Crippen molar-refractivity contribution in [2.24, 2.45) is 5.14 Å². The number of anilines is 1. The molecule has 1 aliphatic heterocycles. The van der Waals surface area contributed by atoms with Crippen LogP contribution in [0.4, 0.5) is 11.4 Å². The predicted octanol–water partition coefficient (Wildman–Crippen LogP) is 0.0270. The molecule has 9 nitrogen and oxygen atoms in total. The maximum atomic E-state index is 11.2. The first-order chi connectivity index (χ1) is 9.38. The van der Waals surface area contributed by atoms with Gasteiger partial charge in [0, 0.05) is 6.07 Å². The monoisotopic (exact) mass is 303 g/mol. The van der Waals surface area contributed by atoms with Gasteiger partial charge in [0.05, 0.1) is 29.6 Å². The third-order valence-corrected chi connectivity index (χ3v) is 3.54. The second kappa shape index (κ2) is 5.71. The Morgan fingerprint density at radius 1 is 1.40 bits per heavy atom. The molecule has 1 heterocycles. The molecule has 1 aromatic carbocycles. The molecule has 1 aromatic rings. The molecule has 2 rings (SSSR count). The van der Waals surface area contributed by atoms with Crippen LogP contribution in [0, 0.1) is 10.1 Å². The van der Waals surface area contributed by atoms with Gasteiger partial charge < -0.3 is 14.8 Å². The molecule has 110 valence electrons. The average Bonchev–Trinajstić information content (AvgIpc) is 2.38. The molecule has 20 heavy (non-hydrogen) atoms. The normalized spacial score (nSPS) is 19.6. The summed E-state index contributed by atoms with van der Waals surface area (Å²) in [4.78, 5) is 9.98. The quantitative estimate of drug-likeness (QED) is 0.591. The fourth-order valence-corrected chi connectivity index (χ4v) is 2.24. The Hall–Kier alpha value is -1.75. The van der Waals surface area contributed by atoms with Crippen LogP contribution in [0.1, 0.15) is 0 Å². The van der Waals surface area contributed by atoms with E-state index in [2.05, 4.69) is 5.32 Å². The molecule has 10 heteroatoms. The number of ether oxygens (including phenoxy) is 2. The molecular weight excluding hydrogens is 290 g/mol. The van der Waals surface area contributed by atoms with Crippen molar-refractivity contribution in [1.82, 2.24) is 0 Å².